The highest BCUT2D eigenvalue weighted by Gasteiger charge is 2.60. The topological polar surface area (TPSA) is 373 Å². The summed E-state index contributed by atoms with van der Waals surface area (Å²) in [6.07, 6.45) is 48.3. The molecule has 113 heavy (non-hydrogen) atoms. The SMILES string of the molecule is CCCCCCCCCCCCCCCCCCCCCCCCCCCCCCCCCCCCCC(=O)NC(COC1OC(CO)C(OC2OC(CO)C(O)C(OC3(C(=O)O)CC(O)C(NC(C)=O)C(C(O)C(O)CO)O3)C2O)C(O)C1O)C(O)CCCCCCCCCCCCCCCCCCCCCCCCCC. The van der Waals surface area contributed by atoms with Gasteiger partial charge in [0, 0.05) is 19.8 Å². The van der Waals surface area contributed by atoms with Crippen LogP contribution in [0.5, 0.6) is 0 Å². The fraction of sp³-hybridized carbons (Fsp3) is 0.967. The molecule has 23 nitrogen and oxygen atoms in total. The van der Waals surface area contributed by atoms with Crippen molar-refractivity contribution in [2.45, 2.75) is 529 Å². The highest BCUT2D eigenvalue weighted by atomic mass is 16.8. The summed E-state index contributed by atoms with van der Waals surface area (Å²) in [6, 6.07) is -2.53. The number of carbonyl (C=O) groups is 3. The molecule has 2 amide bonds. The van der Waals surface area contributed by atoms with E-state index in [0.717, 1.165) is 51.9 Å². The van der Waals surface area contributed by atoms with Crippen molar-refractivity contribution >= 4 is 17.8 Å². The van der Waals surface area contributed by atoms with Crippen molar-refractivity contribution < 1.29 is 104 Å². The number of aliphatic hydroxyl groups is 11. The molecule has 0 aromatic rings. The van der Waals surface area contributed by atoms with Crippen molar-refractivity contribution in [2.24, 2.45) is 0 Å². The molecule has 3 rings (SSSR count). The third kappa shape index (κ3) is 46.9. The van der Waals surface area contributed by atoms with E-state index < -0.39 is 148 Å². The summed E-state index contributed by atoms with van der Waals surface area (Å²) in [6.45, 7) is 2.30. The fourth-order valence-corrected chi connectivity index (χ4v) is 16.7. The van der Waals surface area contributed by atoms with Crippen LogP contribution >= 0.6 is 0 Å². The predicted octanol–water partition coefficient (Wildman–Crippen LogP) is 15.5. The molecule has 3 aliphatic heterocycles. The molecule has 0 bridgehead atoms. The quantitative estimate of drug-likeness (QED) is 0.0252. The van der Waals surface area contributed by atoms with E-state index in [2.05, 4.69) is 24.5 Å². The van der Waals surface area contributed by atoms with Gasteiger partial charge in [0.25, 0.3) is 5.79 Å². The molecule has 18 atom stereocenters. The number of unbranched alkanes of at least 4 members (excludes halogenated alkanes) is 57. The van der Waals surface area contributed by atoms with E-state index in [1.165, 1.54) is 321 Å². The van der Waals surface area contributed by atoms with Crippen LogP contribution in [0, 0.1) is 0 Å². The van der Waals surface area contributed by atoms with E-state index >= 15 is 0 Å². The van der Waals surface area contributed by atoms with Gasteiger partial charge in [0.1, 0.15) is 67.1 Å². The van der Waals surface area contributed by atoms with Gasteiger partial charge in [-0.3, -0.25) is 9.59 Å². The number of nitrogens with one attached hydrogen (secondary N) is 2. The van der Waals surface area contributed by atoms with Gasteiger partial charge < -0.3 is 100 Å². The van der Waals surface area contributed by atoms with Gasteiger partial charge in [0.05, 0.1) is 50.7 Å². The van der Waals surface area contributed by atoms with E-state index in [-0.39, 0.29) is 18.9 Å². The molecule has 3 heterocycles. The molecule has 3 saturated heterocycles. The largest absolute Gasteiger partial charge is 0.477 e. The maximum atomic E-state index is 13.6. The van der Waals surface area contributed by atoms with Gasteiger partial charge in [-0.15, -0.1) is 0 Å². The van der Waals surface area contributed by atoms with Gasteiger partial charge in [0.15, 0.2) is 12.6 Å². The molecule has 3 fully saturated rings. The number of carboxylic acid groups (broad SMARTS) is 1. The van der Waals surface area contributed by atoms with Gasteiger partial charge >= 0.3 is 5.97 Å². The first-order valence-electron chi connectivity index (χ1n) is 46.9. The summed E-state index contributed by atoms with van der Waals surface area (Å²) in [5.41, 5.74) is 0. The van der Waals surface area contributed by atoms with Crippen LogP contribution < -0.4 is 10.6 Å². The summed E-state index contributed by atoms with van der Waals surface area (Å²) in [4.78, 5) is 38.8. The van der Waals surface area contributed by atoms with E-state index in [4.69, 9.17) is 28.4 Å². The van der Waals surface area contributed by atoms with Crippen molar-refractivity contribution in [1.29, 1.82) is 0 Å². The number of hydrogen-bond donors (Lipinski definition) is 14. The molecule has 0 spiro atoms. The third-order valence-corrected chi connectivity index (χ3v) is 24.1. The Morgan fingerprint density at radius 1 is 0.425 bits per heavy atom. The van der Waals surface area contributed by atoms with Gasteiger partial charge in [-0.05, 0) is 12.8 Å². The second kappa shape index (κ2) is 68.4. The van der Waals surface area contributed by atoms with Gasteiger partial charge in [0.2, 0.25) is 11.8 Å². The van der Waals surface area contributed by atoms with Crippen LogP contribution in [0.2, 0.25) is 0 Å². The van der Waals surface area contributed by atoms with Crippen LogP contribution in [-0.2, 0) is 42.8 Å². The Hall–Kier alpha value is -2.27. The molecule has 18 unspecified atom stereocenters. The number of hydrogen-bond acceptors (Lipinski definition) is 20. The number of carbonyl (C=O) groups excluding carboxylic acids is 2. The number of carboxylic acids is 1. The molecule has 0 saturated carbocycles. The lowest BCUT2D eigenvalue weighted by molar-refractivity contribution is -0.386. The highest BCUT2D eigenvalue weighted by molar-refractivity contribution is 5.77. The standard InChI is InChI=1S/C90H172N2O21/c1-4-6-8-10-12-14-16-18-20-22-24-26-28-30-31-32-33-34-35-36-37-38-39-40-42-44-46-48-50-52-54-56-58-60-62-64-77(100)92-71(72(97)63-61-59-57-55-53-51-49-47-45-43-41-29-27-25-23-21-19-17-15-13-11-9-7-5-2)69-108-87-82(104)81(103)84(76(68-95)110-87)111-88-83(105)86(80(102)75(67-94)109-88)113-90(89(106)107)65-73(98)78(91-70(3)96)85(112-90)79(101)74(99)66-93/h71-76,78-88,93-95,97-99,101-105H,4-69H2,1-3H3,(H,91,96)(H,92,100)(H,106,107). The maximum Gasteiger partial charge on any atom is 0.364 e. The van der Waals surface area contributed by atoms with Crippen molar-refractivity contribution in [3.8, 4) is 0 Å². The van der Waals surface area contributed by atoms with Gasteiger partial charge in [-0.1, -0.05) is 386 Å². The Balaban J connectivity index is 1.42. The molecular weight excluding hydrogens is 1440 g/mol. The van der Waals surface area contributed by atoms with E-state index in [9.17, 15) is 75.7 Å². The number of amides is 2. The predicted molar refractivity (Wildman–Crippen MR) is 445 cm³/mol. The Morgan fingerprint density at radius 2 is 0.770 bits per heavy atom. The van der Waals surface area contributed by atoms with Crippen molar-refractivity contribution in [3.63, 3.8) is 0 Å². The Kier molecular flexibility index (Phi) is 63.5. The average molecular weight is 1620 g/mol. The number of aliphatic carboxylic acids is 1. The molecule has 0 radical (unpaired) electrons. The molecule has 23 heteroatoms. The average Bonchev–Trinajstić information content (AvgIpc) is 0.752. The second-order valence-corrected chi connectivity index (χ2v) is 34.2. The Labute approximate surface area is 684 Å². The highest BCUT2D eigenvalue weighted by Crippen LogP contribution is 2.39. The number of ether oxygens (including phenoxy) is 6. The van der Waals surface area contributed by atoms with Crippen LogP contribution in [0.15, 0.2) is 0 Å². The van der Waals surface area contributed by atoms with Crippen LogP contribution in [0.3, 0.4) is 0 Å². The minimum atomic E-state index is -3.08. The zero-order chi connectivity index (χ0) is 82.4. The lowest BCUT2D eigenvalue weighted by Crippen LogP contribution is -2.70. The maximum absolute atomic E-state index is 13.6. The molecular formula is C90H172N2O21. The molecule has 3 aliphatic rings. The van der Waals surface area contributed by atoms with Crippen LogP contribution in [0.25, 0.3) is 0 Å². The minimum Gasteiger partial charge on any atom is -0.477 e. The van der Waals surface area contributed by atoms with E-state index in [1.54, 1.807) is 0 Å². The van der Waals surface area contributed by atoms with Crippen molar-refractivity contribution in [3.05, 3.63) is 0 Å². The van der Waals surface area contributed by atoms with Crippen molar-refractivity contribution in [1.82, 2.24) is 10.6 Å². The number of rotatable bonds is 77. The lowest BCUT2D eigenvalue weighted by Gasteiger charge is -2.50. The summed E-state index contributed by atoms with van der Waals surface area (Å²) in [7, 11) is 0. The minimum absolute atomic E-state index is 0.230. The zero-order valence-corrected chi connectivity index (χ0v) is 71.5. The van der Waals surface area contributed by atoms with Crippen LogP contribution in [0.4, 0.5) is 0 Å². The first-order valence-corrected chi connectivity index (χ1v) is 46.9. The van der Waals surface area contributed by atoms with E-state index in [1.807, 2.05) is 0 Å². The lowest BCUT2D eigenvalue weighted by atomic mass is 9.88. The number of aliphatic hydroxyl groups excluding tert-OH is 11. The molecule has 668 valence electrons. The second-order valence-electron chi connectivity index (χ2n) is 34.2. The molecule has 14 N–H and O–H groups in total. The van der Waals surface area contributed by atoms with Crippen LogP contribution in [0.1, 0.15) is 419 Å². The Bertz CT molecular complexity index is 2230. The van der Waals surface area contributed by atoms with E-state index in [0.29, 0.717) is 19.3 Å². The smallest absolute Gasteiger partial charge is 0.364 e. The Morgan fingerprint density at radius 3 is 1.11 bits per heavy atom. The first kappa shape index (κ1) is 105. The van der Waals surface area contributed by atoms with Gasteiger partial charge in [-0.2, -0.15) is 0 Å². The third-order valence-electron chi connectivity index (χ3n) is 24.1. The summed E-state index contributed by atoms with van der Waals surface area (Å²) < 4.78 is 35.1. The summed E-state index contributed by atoms with van der Waals surface area (Å²) in [5, 5.41) is 137. The monoisotopic (exact) mass is 1620 g/mol. The van der Waals surface area contributed by atoms with Crippen molar-refractivity contribution in [2.75, 3.05) is 26.4 Å². The van der Waals surface area contributed by atoms with Gasteiger partial charge in [-0.25, -0.2) is 4.79 Å². The molecule has 0 aliphatic carbocycles. The molecule has 0 aromatic carbocycles. The fourth-order valence-electron chi connectivity index (χ4n) is 16.7. The van der Waals surface area contributed by atoms with Crippen LogP contribution in [-0.4, -0.2) is 215 Å². The summed E-state index contributed by atoms with van der Waals surface area (Å²) in [5.74, 6) is -6.08. The molecule has 0 aromatic heterocycles. The summed E-state index contributed by atoms with van der Waals surface area (Å²) >= 11 is 0. The normalized spacial score (nSPS) is 25.2. The first-order chi connectivity index (χ1) is 54.9. The zero-order valence-electron chi connectivity index (χ0n) is 71.5.